The minimum atomic E-state index is 0.280. The second-order valence-electron chi connectivity index (χ2n) is 3.64. The van der Waals surface area contributed by atoms with Crippen LogP contribution in [0, 0.1) is 0 Å². The zero-order valence-corrected chi connectivity index (χ0v) is 8.87. The summed E-state index contributed by atoms with van der Waals surface area (Å²) < 4.78 is 0. The van der Waals surface area contributed by atoms with Crippen LogP contribution >= 0.6 is 0 Å². The number of nitrogens with one attached hydrogen (secondary N) is 1. The molecule has 0 aromatic heterocycles. The van der Waals surface area contributed by atoms with Crippen molar-refractivity contribution in [2.75, 3.05) is 19.7 Å². The lowest BCUT2D eigenvalue weighted by Crippen LogP contribution is -3.11. The van der Waals surface area contributed by atoms with Crippen molar-refractivity contribution >= 4 is 0 Å². The molecule has 1 atom stereocenters. The van der Waals surface area contributed by atoms with Crippen LogP contribution in [-0.2, 0) is 6.54 Å². The number of quaternary nitrogens is 1. The van der Waals surface area contributed by atoms with Crippen molar-refractivity contribution in [2.24, 2.45) is 0 Å². The fourth-order valence-electron chi connectivity index (χ4n) is 1.70. The Morgan fingerprint density at radius 3 is 2.43 bits per heavy atom. The van der Waals surface area contributed by atoms with Gasteiger partial charge < -0.3 is 10.0 Å². The first-order chi connectivity index (χ1) is 6.86. The molecular formula is C12H20NO+. The zero-order chi connectivity index (χ0) is 10.2. The maximum absolute atomic E-state index is 8.92. The van der Waals surface area contributed by atoms with E-state index in [2.05, 4.69) is 31.2 Å². The minimum absolute atomic E-state index is 0.280. The second kappa shape index (κ2) is 6.57. The van der Waals surface area contributed by atoms with Crippen molar-refractivity contribution < 1.29 is 10.0 Å². The Labute approximate surface area is 86.2 Å². The lowest BCUT2D eigenvalue weighted by molar-refractivity contribution is -0.914. The van der Waals surface area contributed by atoms with Crippen molar-refractivity contribution in [1.82, 2.24) is 0 Å². The summed E-state index contributed by atoms with van der Waals surface area (Å²) in [6.45, 7) is 5.47. The van der Waals surface area contributed by atoms with E-state index in [4.69, 9.17) is 5.11 Å². The van der Waals surface area contributed by atoms with Gasteiger partial charge in [-0.2, -0.15) is 0 Å². The molecule has 14 heavy (non-hydrogen) atoms. The molecule has 1 unspecified atom stereocenters. The number of aliphatic hydroxyl groups excluding tert-OH is 1. The molecule has 1 aromatic rings. The fraction of sp³-hybridized carbons (Fsp3) is 0.500. The molecule has 0 heterocycles. The van der Waals surface area contributed by atoms with Crippen molar-refractivity contribution in [3.8, 4) is 0 Å². The van der Waals surface area contributed by atoms with Crippen LogP contribution in [0.4, 0.5) is 0 Å². The highest BCUT2D eigenvalue weighted by molar-refractivity contribution is 5.13. The van der Waals surface area contributed by atoms with Gasteiger partial charge in [0.05, 0.1) is 13.2 Å². The van der Waals surface area contributed by atoms with E-state index in [1.165, 1.54) is 16.9 Å². The molecule has 0 saturated heterocycles. The molecule has 0 amide bonds. The van der Waals surface area contributed by atoms with E-state index in [1.807, 2.05) is 6.07 Å². The molecule has 0 aliphatic heterocycles. The molecule has 78 valence electrons. The van der Waals surface area contributed by atoms with Crippen molar-refractivity contribution in [3.63, 3.8) is 0 Å². The Bertz CT molecular complexity index is 229. The highest BCUT2D eigenvalue weighted by Gasteiger charge is 2.06. The molecule has 1 aromatic carbocycles. The van der Waals surface area contributed by atoms with Gasteiger partial charge in [0, 0.05) is 5.56 Å². The second-order valence-corrected chi connectivity index (χ2v) is 3.64. The fourth-order valence-corrected chi connectivity index (χ4v) is 1.70. The molecule has 0 saturated carbocycles. The average molecular weight is 194 g/mol. The summed E-state index contributed by atoms with van der Waals surface area (Å²) in [7, 11) is 0. The van der Waals surface area contributed by atoms with Gasteiger partial charge >= 0.3 is 0 Å². The molecule has 0 bridgehead atoms. The van der Waals surface area contributed by atoms with Crippen LogP contribution in [-0.4, -0.2) is 24.8 Å². The minimum Gasteiger partial charge on any atom is -0.391 e. The van der Waals surface area contributed by atoms with Crippen LogP contribution in [0.5, 0.6) is 0 Å². The van der Waals surface area contributed by atoms with E-state index < -0.39 is 0 Å². The summed E-state index contributed by atoms with van der Waals surface area (Å²) in [6.07, 6.45) is 1.17. The van der Waals surface area contributed by atoms with Crippen LogP contribution in [0.1, 0.15) is 18.9 Å². The monoisotopic (exact) mass is 194 g/mol. The van der Waals surface area contributed by atoms with E-state index in [1.54, 1.807) is 0 Å². The van der Waals surface area contributed by atoms with E-state index in [0.717, 1.165) is 19.6 Å². The van der Waals surface area contributed by atoms with E-state index >= 15 is 0 Å². The van der Waals surface area contributed by atoms with Crippen molar-refractivity contribution in [2.45, 2.75) is 19.9 Å². The Morgan fingerprint density at radius 1 is 1.14 bits per heavy atom. The third-order valence-corrected chi connectivity index (χ3v) is 2.37. The number of hydrogen-bond acceptors (Lipinski definition) is 1. The summed E-state index contributed by atoms with van der Waals surface area (Å²) in [6, 6.07) is 10.5. The zero-order valence-electron chi connectivity index (χ0n) is 8.87. The topological polar surface area (TPSA) is 24.7 Å². The first-order valence-electron chi connectivity index (χ1n) is 5.35. The smallest absolute Gasteiger partial charge is 0.103 e. The molecule has 0 aliphatic rings. The average Bonchev–Trinajstić information content (AvgIpc) is 2.20. The highest BCUT2D eigenvalue weighted by atomic mass is 16.3. The first kappa shape index (κ1) is 11.2. The van der Waals surface area contributed by atoms with Gasteiger partial charge in [0.25, 0.3) is 0 Å². The van der Waals surface area contributed by atoms with Crippen molar-refractivity contribution in [3.05, 3.63) is 35.9 Å². The standard InChI is InChI=1S/C12H19NO/c1-2-8-13(9-10-14)11-12-6-4-3-5-7-12/h3-7,14H,2,8-11H2,1H3/p+1. The lowest BCUT2D eigenvalue weighted by Gasteiger charge is -2.17. The van der Waals surface area contributed by atoms with Crippen molar-refractivity contribution in [1.29, 1.82) is 0 Å². The van der Waals surface area contributed by atoms with Gasteiger partial charge in [-0.1, -0.05) is 37.3 Å². The molecule has 0 fully saturated rings. The molecule has 2 nitrogen and oxygen atoms in total. The summed E-state index contributed by atoms with van der Waals surface area (Å²) in [5.74, 6) is 0. The molecule has 0 aliphatic carbocycles. The van der Waals surface area contributed by atoms with E-state index in [-0.39, 0.29) is 6.61 Å². The molecule has 0 radical (unpaired) electrons. The van der Waals surface area contributed by atoms with Gasteiger partial charge in [-0.25, -0.2) is 0 Å². The van der Waals surface area contributed by atoms with E-state index in [9.17, 15) is 0 Å². The predicted octanol–water partition coefficient (Wildman–Crippen LogP) is 0.474. The number of aliphatic hydroxyl groups is 1. The Hall–Kier alpha value is -0.860. The van der Waals surface area contributed by atoms with Gasteiger partial charge in [0.1, 0.15) is 13.1 Å². The molecule has 2 heteroatoms. The summed E-state index contributed by atoms with van der Waals surface area (Å²) >= 11 is 0. The van der Waals surface area contributed by atoms with E-state index in [0.29, 0.717) is 0 Å². The Balaban J connectivity index is 2.46. The first-order valence-corrected chi connectivity index (χ1v) is 5.35. The van der Waals surface area contributed by atoms with Gasteiger partial charge in [-0.15, -0.1) is 0 Å². The largest absolute Gasteiger partial charge is 0.391 e. The third-order valence-electron chi connectivity index (χ3n) is 2.37. The van der Waals surface area contributed by atoms with Gasteiger partial charge in [-0.3, -0.25) is 0 Å². The summed E-state index contributed by atoms with van der Waals surface area (Å²) in [4.78, 5) is 1.46. The summed E-state index contributed by atoms with van der Waals surface area (Å²) in [5, 5.41) is 8.92. The molecule has 2 N–H and O–H groups in total. The number of hydrogen-bond donors (Lipinski definition) is 2. The molecule has 0 spiro atoms. The van der Waals surface area contributed by atoms with Crippen LogP contribution in [0.3, 0.4) is 0 Å². The number of benzene rings is 1. The molecular weight excluding hydrogens is 174 g/mol. The van der Waals surface area contributed by atoms with Crippen LogP contribution in [0.2, 0.25) is 0 Å². The Morgan fingerprint density at radius 2 is 1.86 bits per heavy atom. The van der Waals surface area contributed by atoms with Crippen LogP contribution in [0.15, 0.2) is 30.3 Å². The number of rotatable bonds is 6. The lowest BCUT2D eigenvalue weighted by atomic mass is 10.2. The quantitative estimate of drug-likeness (QED) is 0.676. The predicted molar refractivity (Wildman–Crippen MR) is 58.2 cm³/mol. The Kier molecular flexibility index (Phi) is 5.27. The van der Waals surface area contributed by atoms with Crippen LogP contribution < -0.4 is 4.90 Å². The maximum Gasteiger partial charge on any atom is 0.103 e. The summed E-state index contributed by atoms with van der Waals surface area (Å²) in [5.41, 5.74) is 1.35. The van der Waals surface area contributed by atoms with Gasteiger partial charge in [0.2, 0.25) is 0 Å². The molecule has 1 rings (SSSR count). The SMILES string of the molecule is CCC[NH+](CCO)Cc1ccccc1. The maximum atomic E-state index is 8.92. The van der Waals surface area contributed by atoms with Gasteiger partial charge in [-0.05, 0) is 6.42 Å². The van der Waals surface area contributed by atoms with Crippen LogP contribution in [0.25, 0.3) is 0 Å². The highest BCUT2D eigenvalue weighted by Crippen LogP contribution is 1.95. The third kappa shape index (κ3) is 3.90. The normalized spacial score (nSPS) is 12.7. The van der Waals surface area contributed by atoms with Gasteiger partial charge in [0.15, 0.2) is 0 Å².